The van der Waals surface area contributed by atoms with E-state index in [1.807, 2.05) is 60.8 Å². The zero-order chi connectivity index (χ0) is 23.3. The summed E-state index contributed by atoms with van der Waals surface area (Å²) in [5.74, 6) is -0.338. The molecule has 2 aromatic heterocycles. The molecule has 0 saturated heterocycles. The smallest absolute Gasteiger partial charge is 0.408 e. The maximum absolute atomic E-state index is 13.5. The van der Waals surface area contributed by atoms with Crippen LogP contribution in [0.1, 0.15) is 23.6 Å². The van der Waals surface area contributed by atoms with E-state index >= 15 is 0 Å². The minimum Gasteiger partial charge on any atom is -0.472 e. The van der Waals surface area contributed by atoms with Gasteiger partial charge in [-0.15, -0.1) is 0 Å². The van der Waals surface area contributed by atoms with E-state index in [0.29, 0.717) is 18.5 Å². The molecule has 3 N–H and O–H groups in total. The molecule has 0 saturated carbocycles. The lowest BCUT2D eigenvalue weighted by Gasteiger charge is -2.38. The van der Waals surface area contributed by atoms with Gasteiger partial charge in [0.25, 0.3) is 0 Å². The lowest BCUT2D eigenvalue weighted by atomic mass is 9.89. The molecule has 0 unspecified atom stereocenters. The Hall–Kier alpha value is -4.00. The second kappa shape index (κ2) is 9.65. The van der Waals surface area contributed by atoms with Crippen molar-refractivity contribution in [3.63, 3.8) is 0 Å². The van der Waals surface area contributed by atoms with Gasteiger partial charge in [-0.3, -0.25) is 9.69 Å². The summed E-state index contributed by atoms with van der Waals surface area (Å²) in [5.41, 5.74) is 2.26. The van der Waals surface area contributed by atoms with Crippen molar-refractivity contribution in [2.45, 2.75) is 31.8 Å². The largest absolute Gasteiger partial charge is 0.472 e. The molecule has 4 aromatic rings. The Morgan fingerprint density at radius 1 is 1.06 bits per heavy atom. The third-order valence-corrected chi connectivity index (χ3v) is 5.99. The Morgan fingerprint density at radius 3 is 2.55 bits per heavy atom. The lowest BCUT2D eigenvalue weighted by Crippen LogP contribution is -2.59. The number of carboxylic acid groups (broad SMARTS) is 1. The number of benzene rings is 2. The first-order chi connectivity index (χ1) is 16.0. The fourth-order valence-electron chi connectivity index (χ4n) is 4.12. The highest BCUT2D eigenvalue weighted by Gasteiger charge is 2.43. The summed E-state index contributed by atoms with van der Waals surface area (Å²) in [6.07, 6.45) is 4.54. The van der Waals surface area contributed by atoms with Crippen LogP contribution in [0, 0.1) is 0 Å². The first kappa shape index (κ1) is 22.2. The number of hydrogen-bond donors (Lipinski definition) is 3. The van der Waals surface area contributed by atoms with Crippen molar-refractivity contribution < 1.29 is 19.1 Å². The van der Waals surface area contributed by atoms with Gasteiger partial charge >= 0.3 is 6.09 Å². The fourth-order valence-corrected chi connectivity index (χ4v) is 4.12. The lowest BCUT2D eigenvalue weighted by molar-refractivity contribution is -0.132. The Balaban J connectivity index is 1.62. The van der Waals surface area contributed by atoms with Crippen molar-refractivity contribution in [2.75, 3.05) is 6.54 Å². The molecule has 7 heteroatoms. The average molecular weight is 446 g/mol. The molecule has 2 aromatic carbocycles. The van der Waals surface area contributed by atoms with Gasteiger partial charge in [-0.25, -0.2) is 4.79 Å². The number of aromatic amines is 1. The quantitative estimate of drug-likeness (QED) is 0.351. The van der Waals surface area contributed by atoms with E-state index in [2.05, 4.69) is 10.3 Å². The highest BCUT2D eigenvalue weighted by molar-refractivity contribution is 5.91. The molecular formula is C26H27N3O4. The Kier molecular flexibility index (Phi) is 6.49. The van der Waals surface area contributed by atoms with E-state index in [1.54, 1.807) is 13.0 Å². The van der Waals surface area contributed by atoms with E-state index in [0.717, 1.165) is 22.0 Å². The number of carbonyl (C=O) groups is 2. The van der Waals surface area contributed by atoms with Gasteiger partial charge in [0.15, 0.2) is 0 Å². The van der Waals surface area contributed by atoms with Crippen LogP contribution >= 0.6 is 0 Å². The molecule has 4 rings (SSSR count). The number of hydrogen-bond acceptors (Lipinski definition) is 3. The van der Waals surface area contributed by atoms with Crippen LogP contribution in [0.5, 0.6) is 0 Å². The number of furan rings is 1. The van der Waals surface area contributed by atoms with Crippen LogP contribution in [0.25, 0.3) is 10.9 Å². The van der Waals surface area contributed by atoms with Crippen LogP contribution < -0.4 is 5.32 Å². The molecule has 0 radical (unpaired) electrons. The average Bonchev–Trinajstić information content (AvgIpc) is 3.48. The van der Waals surface area contributed by atoms with Crippen molar-refractivity contribution in [1.82, 2.24) is 15.2 Å². The third-order valence-electron chi connectivity index (χ3n) is 5.99. The number of para-hydroxylation sites is 1. The van der Waals surface area contributed by atoms with E-state index in [4.69, 9.17) is 4.42 Å². The summed E-state index contributed by atoms with van der Waals surface area (Å²) in [5, 5.41) is 14.0. The molecule has 7 nitrogen and oxygen atoms in total. The van der Waals surface area contributed by atoms with Crippen molar-refractivity contribution in [3.8, 4) is 0 Å². The molecule has 0 fully saturated rings. The molecule has 170 valence electrons. The molecule has 2 heterocycles. The molecule has 33 heavy (non-hydrogen) atoms. The van der Waals surface area contributed by atoms with E-state index < -0.39 is 11.6 Å². The zero-order valence-corrected chi connectivity index (χ0v) is 18.5. The van der Waals surface area contributed by atoms with Gasteiger partial charge in [0, 0.05) is 35.6 Å². The summed E-state index contributed by atoms with van der Waals surface area (Å²) < 4.78 is 5.12. The summed E-state index contributed by atoms with van der Waals surface area (Å²) in [6, 6.07) is 19.3. The molecule has 0 spiro atoms. The van der Waals surface area contributed by atoms with Gasteiger partial charge < -0.3 is 19.8 Å². The van der Waals surface area contributed by atoms with Crippen molar-refractivity contribution >= 4 is 22.9 Å². The Bertz CT molecular complexity index is 1220. The zero-order valence-electron chi connectivity index (χ0n) is 18.5. The molecule has 0 aliphatic carbocycles. The molecule has 1 atom stereocenters. The number of fused-ring (bicyclic) bond motifs is 1. The minimum absolute atomic E-state index is 0.0385. The highest BCUT2D eigenvalue weighted by atomic mass is 16.4. The van der Waals surface area contributed by atoms with E-state index in [9.17, 15) is 14.7 Å². The monoisotopic (exact) mass is 445 g/mol. The maximum Gasteiger partial charge on any atom is 0.408 e. The summed E-state index contributed by atoms with van der Waals surface area (Å²) in [4.78, 5) is 30.3. The van der Waals surface area contributed by atoms with Crippen LogP contribution in [0.15, 0.2) is 83.8 Å². The molecule has 0 aliphatic rings. The Morgan fingerprint density at radius 2 is 1.82 bits per heavy atom. The third kappa shape index (κ3) is 4.92. The van der Waals surface area contributed by atoms with Gasteiger partial charge in [0.2, 0.25) is 5.91 Å². The van der Waals surface area contributed by atoms with Crippen molar-refractivity contribution in [1.29, 1.82) is 0 Å². The predicted octanol–water partition coefficient (Wildman–Crippen LogP) is 4.60. The van der Waals surface area contributed by atoms with E-state index in [-0.39, 0.29) is 18.9 Å². The highest BCUT2D eigenvalue weighted by Crippen LogP contribution is 2.28. The first-order valence-electron chi connectivity index (χ1n) is 10.9. The Labute approximate surface area is 192 Å². The van der Waals surface area contributed by atoms with E-state index in [1.165, 1.54) is 17.4 Å². The van der Waals surface area contributed by atoms with Crippen molar-refractivity contribution in [2.24, 2.45) is 0 Å². The number of carbonyl (C=O) groups excluding carboxylic acids is 1. The second-order valence-corrected chi connectivity index (χ2v) is 8.30. The minimum atomic E-state index is -1.34. The summed E-state index contributed by atoms with van der Waals surface area (Å²) >= 11 is 0. The van der Waals surface area contributed by atoms with Gasteiger partial charge in [0.05, 0.1) is 19.1 Å². The van der Waals surface area contributed by atoms with Crippen LogP contribution in [0.2, 0.25) is 0 Å². The van der Waals surface area contributed by atoms with Crippen LogP contribution in [-0.4, -0.2) is 39.1 Å². The van der Waals surface area contributed by atoms with Crippen LogP contribution in [0.3, 0.4) is 0 Å². The summed E-state index contributed by atoms with van der Waals surface area (Å²) in [6.45, 7) is 2.13. The number of nitrogens with one attached hydrogen (secondary N) is 2. The normalized spacial score (nSPS) is 12.9. The number of aromatic nitrogens is 1. The van der Waals surface area contributed by atoms with Gasteiger partial charge in [-0.05, 0) is 36.6 Å². The number of rotatable bonds is 9. The molecule has 0 aliphatic heterocycles. The van der Waals surface area contributed by atoms with Crippen molar-refractivity contribution in [3.05, 3.63) is 96.1 Å². The van der Waals surface area contributed by atoms with Gasteiger partial charge in [0.1, 0.15) is 5.54 Å². The van der Waals surface area contributed by atoms with Crippen LogP contribution in [0.4, 0.5) is 4.79 Å². The molecule has 0 bridgehead atoms. The van der Waals surface area contributed by atoms with Gasteiger partial charge in [-0.2, -0.15) is 0 Å². The molecule has 2 amide bonds. The number of nitrogens with zero attached hydrogens (tertiary/aromatic N) is 1. The number of amides is 2. The summed E-state index contributed by atoms with van der Waals surface area (Å²) in [7, 11) is 0. The second-order valence-electron chi connectivity index (χ2n) is 8.30. The predicted molar refractivity (Wildman–Crippen MR) is 126 cm³/mol. The SMILES string of the molecule is C[C@](Cc1c[nH]c2ccccc12)(C(=O)NCCc1ccccc1)N(Cc1ccoc1)C(=O)O. The van der Waals surface area contributed by atoms with Gasteiger partial charge in [-0.1, -0.05) is 48.5 Å². The fraction of sp³-hybridized carbons (Fsp3) is 0.231. The van der Waals surface area contributed by atoms with Crippen LogP contribution in [-0.2, 0) is 24.2 Å². The number of H-pyrrole nitrogens is 1. The topological polar surface area (TPSA) is 98.6 Å². The molecular weight excluding hydrogens is 418 g/mol. The standard InChI is InChI=1S/C26H27N3O4/c1-26(29(25(31)32)17-20-12-14-33-18-20,15-21-16-28-23-10-6-5-9-22(21)23)24(30)27-13-11-19-7-3-2-4-8-19/h2-10,12,14,16,18,28H,11,13,15,17H2,1H3,(H,27,30)(H,31,32)/t26-/m0/s1. The maximum atomic E-state index is 13.5. The first-order valence-corrected chi connectivity index (χ1v) is 10.9.